The lowest BCUT2D eigenvalue weighted by molar-refractivity contribution is -0.0900. The minimum absolute atomic E-state index is 0.0444. The van der Waals surface area contributed by atoms with Gasteiger partial charge in [0.1, 0.15) is 24.6 Å². The van der Waals surface area contributed by atoms with Crippen molar-refractivity contribution in [2.24, 2.45) is 0 Å². The molecular weight excluding hydrogens is 536 g/mol. The van der Waals surface area contributed by atoms with E-state index in [-0.39, 0.29) is 5.92 Å². The minimum atomic E-state index is -1.58. The summed E-state index contributed by atoms with van der Waals surface area (Å²) in [5.41, 5.74) is 3.44. The minimum Gasteiger partial charge on any atom is -0.387 e. The Labute approximate surface area is 241 Å². The van der Waals surface area contributed by atoms with Crippen molar-refractivity contribution in [1.82, 2.24) is 24.8 Å². The Bertz CT molecular complexity index is 1600. The van der Waals surface area contributed by atoms with Gasteiger partial charge in [-0.2, -0.15) is 0 Å². The number of carbonyl (C=O) groups excluding carboxylic acids is 1. The smallest absolute Gasteiger partial charge is 0.253 e. The highest BCUT2D eigenvalue weighted by Crippen LogP contribution is 2.34. The van der Waals surface area contributed by atoms with E-state index in [2.05, 4.69) is 49.9 Å². The molecule has 1 aliphatic rings. The molecule has 5 N–H and O–H groups in total. The van der Waals surface area contributed by atoms with E-state index >= 15 is 0 Å². The van der Waals surface area contributed by atoms with E-state index in [0.29, 0.717) is 29.1 Å². The van der Waals surface area contributed by atoms with Crippen molar-refractivity contribution < 1.29 is 24.9 Å². The number of hydrogen-bond acceptors (Lipinski definition) is 9. The van der Waals surface area contributed by atoms with Gasteiger partial charge < -0.3 is 30.7 Å². The van der Waals surface area contributed by atoms with Gasteiger partial charge in [0.05, 0.1) is 6.33 Å². The molecule has 11 nitrogen and oxygen atoms in total. The van der Waals surface area contributed by atoms with Crippen molar-refractivity contribution in [3.63, 3.8) is 0 Å². The summed E-state index contributed by atoms with van der Waals surface area (Å²) >= 11 is 0. The number of ether oxygens (including phenoxy) is 1. The molecule has 6 rings (SSSR count). The highest BCUT2D eigenvalue weighted by Gasteiger charge is 2.48. The predicted octanol–water partition coefficient (Wildman–Crippen LogP) is 2.44. The number of hydrogen-bond donors (Lipinski definition) is 5. The molecule has 0 bridgehead atoms. The summed E-state index contributed by atoms with van der Waals surface area (Å²) in [5.74, 6) is -0.00368. The second-order valence-corrected chi connectivity index (χ2v) is 10.1. The SMILES string of the molecule is O=C(NC(O)[C@H]1O[C@@H](n2cnc3c(NCC(c4ccccc4)c4ccccc4)ncnc32)[C@H](O)[C@@H]1O)c1ccccc1. The van der Waals surface area contributed by atoms with Crippen LogP contribution in [-0.4, -0.2) is 71.8 Å². The molecule has 2 aromatic heterocycles. The number of imidazole rings is 1. The molecule has 1 amide bonds. The summed E-state index contributed by atoms with van der Waals surface area (Å²) in [7, 11) is 0. The van der Waals surface area contributed by atoms with Gasteiger partial charge in [-0.25, -0.2) is 15.0 Å². The lowest BCUT2D eigenvalue weighted by Gasteiger charge is -2.22. The Balaban J connectivity index is 1.20. The first-order valence-corrected chi connectivity index (χ1v) is 13.6. The Kier molecular flexibility index (Phi) is 7.89. The third-order valence-electron chi connectivity index (χ3n) is 7.41. The number of aliphatic hydroxyl groups is 3. The van der Waals surface area contributed by atoms with Crippen LogP contribution in [0.25, 0.3) is 11.2 Å². The highest BCUT2D eigenvalue weighted by molar-refractivity contribution is 5.94. The molecule has 42 heavy (non-hydrogen) atoms. The van der Waals surface area contributed by atoms with Gasteiger partial charge in [0.2, 0.25) is 0 Å². The molecule has 5 aromatic rings. The molecule has 3 heterocycles. The van der Waals surface area contributed by atoms with E-state index in [1.807, 2.05) is 36.4 Å². The van der Waals surface area contributed by atoms with Crippen molar-refractivity contribution in [1.29, 1.82) is 0 Å². The number of fused-ring (bicyclic) bond motifs is 1. The van der Waals surface area contributed by atoms with Crippen LogP contribution < -0.4 is 10.6 Å². The number of aromatic nitrogens is 4. The van der Waals surface area contributed by atoms with E-state index in [1.54, 1.807) is 30.3 Å². The molecule has 11 heteroatoms. The van der Waals surface area contributed by atoms with Gasteiger partial charge in [-0.3, -0.25) is 9.36 Å². The molecule has 1 aliphatic heterocycles. The fourth-order valence-corrected chi connectivity index (χ4v) is 5.23. The Hall–Kier alpha value is -4.68. The van der Waals surface area contributed by atoms with Gasteiger partial charge in [0.15, 0.2) is 29.4 Å². The summed E-state index contributed by atoms with van der Waals surface area (Å²) in [6.07, 6.45) is -4.10. The van der Waals surface area contributed by atoms with Crippen LogP contribution in [-0.2, 0) is 4.74 Å². The average molecular weight is 567 g/mol. The number of carbonyl (C=O) groups is 1. The van der Waals surface area contributed by atoms with Crippen LogP contribution in [0.1, 0.15) is 33.6 Å². The number of nitrogens with one attached hydrogen (secondary N) is 2. The monoisotopic (exact) mass is 566 g/mol. The van der Waals surface area contributed by atoms with Gasteiger partial charge in [-0.1, -0.05) is 78.9 Å². The highest BCUT2D eigenvalue weighted by atomic mass is 16.6. The number of nitrogens with zero attached hydrogens (tertiary/aromatic N) is 4. The van der Waals surface area contributed by atoms with Gasteiger partial charge in [0.25, 0.3) is 5.91 Å². The van der Waals surface area contributed by atoms with Crippen molar-refractivity contribution >= 4 is 22.9 Å². The maximum absolute atomic E-state index is 12.5. The van der Waals surface area contributed by atoms with E-state index in [0.717, 1.165) is 11.1 Å². The topological polar surface area (TPSA) is 155 Å². The molecule has 5 atom stereocenters. The zero-order valence-corrected chi connectivity index (χ0v) is 22.4. The van der Waals surface area contributed by atoms with Crippen LogP contribution in [0.4, 0.5) is 5.82 Å². The van der Waals surface area contributed by atoms with E-state index in [9.17, 15) is 20.1 Å². The summed E-state index contributed by atoms with van der Waals surface area (Å²) in [6, 6.07) is 28.7. The molecule has 1 saturated heterocycles. The first kappa shape index (κ1) is 27.5. The maximum Gasteiger partial charge on any atom is 0.253 e. The summed E-state index contributed by atoms with van der Waals surface area (Å²) < 4.78 is 7.35. The van der Waals surface area contributed by atoms with Crippen LogP contribution in [0.2, 0.25) is 0 Å². The van der Waals surface area contributed by atoms with Crippen LogP contribution >= 0.6 is 0 Å². The first-order valence-electron chi connectivity index (χ1n) is 13.6. The molecule has 1 unspecified atom stereocenters. The fourth-order valence-electron chi connectivity index (χ4n) is 5.23. The van der Waals surface area contributed by atoms with Crippen molar-refractivity contribution in [3.8, 4) is 0 Å². The van der Waals surface area contributed by atoms with E-state index in [1.165, 1.54) is 17.2 Å². The van der Waals surface area contributed by atoms with Crippen molar-refractivity contribution in [3.05, 3.63) is 120 Å². The molecular formula is C31H30N6O5. The van der Waals surface area contributed by atoms with Gasteiger partial charge >= 0.3 is 0 Å². The predicted molar refractivity (Wildman–Crippen MR) is 154 cm³/mol. The quantitative estimate of drug-likeness (QED) is 0.169. The Morgan fingerprint density at radius 2 is 1.48 bits per heavy atom. The maximum atomic E-state index is 12.5. The second kappa shape index (κ2) is 12.0. The lowest BCUT2D eigenvalue weighted by atomic mass is 9.91. The Morgan fingerprint density at radius 1 is 0.857 bits per heavy atom. The third kappa shape index (κ3) is 5.46. The van der Waals surface area contributed by atoms with Gasteiger partial charge in [0, 0.05) is 18.0 Å². The van der Waals surface area contributed by atoms with Crippen LogP contribution in [0.5, 0.6) is 0 Å². The number of rotatable bonds is 9. The molecule has 3 aromatic carbocycles. The molecule has 0 saturated carbocycles. The number of aliphatic hydroxyl groups excluding tert-OH is 3. The van der Waals surface area contributed by atoms with Crippen molar-refractivity contribution in [2.75, 3.05) is 11.9 Å². The van der Waals surface area contributed by atoms with Crippen LogP contribution in [0.15, 0.2) is 104 Å². The largest absolute Gasteiger partial charge is 0.387 e. The second-order valence-electron chi connectivity index (χ2n) is 10.1. The fraction of sp³-hybridized carbons (Fsp3) is 0.226. The van der Waals surface area contributed by atoms with E-state index in [4.69, 9.17) is 4.74 Å². The number of benzene rings is 3. The third-order valence-corrected chi connectivity index (χ3v) is 7.41. The molecule has 0 spiro atoms. The van der Waals surface area contributed by atoms with E-state index < -0.39 is 36.7 Å². The Morgan fingerprint density at radius 3 is 2.12 bits per heavy atom. The zero-order chi connectivity index (χ0) is 29.1. The van der Waals surface area contributed by atoms with Crippen molar-refractivity contribution in [2.45, 2.75) is 36.7 Å². The number of amides is 1. The summed E-state index contributed by atoms with van der Waals surface area (Å²) in [4.78, 5) is 25.7. The molecule has 214 valence electrons. The normalized spacial score (nSPS) is 21.0. The van der Waals surface area contributed by atoms with Crippen LogP contribution in [0.3, 0.4) is 0 Å². The van der Waals surface area contributed by atoms with Crippen LogP contribution in [0, 0.1) is 0 Å². The average Bonchev–Trinajstić information content (AvgIpc) is 3.59. The summed E-state index contributed by atoms with van der Waals surface area (Å²) in [6.45, 7) is 0.531. The van der Waals surface area contributed by atoms with Gasteiger partial charge in [-0.05, 0) is 23.3 Å². The standard InChI is InChI=1S/C31H30N6O5/c38-24-25(39)31(42-26(24)30(41)36-29(40)21-14-8-3-9-15-21)37-18-35-23-27(33-17-34-28(23)37)32-16-22(19-10-4-1-5-11-19)20-12-6-2-7-13-20/h1-15,17-18,22,24-26,30-31,38-39,41H,16H2,(H,36,40)(H,32,33,34)/t24-,25+,26-,30?,31+/m0/s1. The molecule has 0 aliphatic carbocycles. The zero-order valence-electron chi connectivity index (χ0n) is 22.4. The summed E-state index contributed by atoms with van der Waals surface area (Å²) in [5, 5.41) is 38.0. The number of anilines is 1. The first-order chi connectivity index (χ1) is 20.5. The molecule has 1 fully saturated rings. The lowest BCUT2D eigenvalue weighted by Crippen LogP contribution is -2.48. The van der Waals surface area contributed by atoms with Gasteiger partial charge in [-0.15, -0.1) is 0 Å². The molecule has 0 radical (unpaired) electrons.